The Bertz CT molecular complexity index is 93.1. The van der Waals surface area contributed by atoms with Crippen molar-refractivity contribution in [1.82, 2.24) is 0 Å². The molecule has 0 aromatic rings. The molecule has 0 saturated heterocycles. The molecule has 0 bridgehead atoms. The fraction of sp³-hybridized carbons (Fsp3) is 0.667. The Morgan fingerprint density at radius 1 is 1.57 bits per heavy atom. The van der Waals surface area contributed by atoms with Crippen LogP contribution in [0, 0.1) is 0 Å². The molecule has 0 aliphatic rings. The van der Waals surface area contributed by atoms with Gasteiger partial charge in [0, 0.05) is 7.05 Å². The van der Waals surface area contributed by atoms with Crippen LogP contribution in [-0.4, -0.2) is 12.9 Å². The minimum atomic E-state index is 0.488. The molecule has 0 spiro atoms. The van der Waals surface area contributed by atoms with Crippen LogP contribution in [0.1, 0.15) is 6.92 Å². The first-order valence-corrected chi connectivity index (χ1v) is 1.85. The molecule has 40 valence electrons. The predicted octanol–water partition coefficient (Wildman–Crippen LogP) is 0.361. The molecule has 0 unspecified atom stereocenters. The van der Waals surface area contributed by atoms with Crippen molar-refractivity contribution in [2.24, 2.45) is 21.2 Å². The number of hydrogen-bond acceptors (Lipinski definition) is 3. The average Bonchev–Trinajstić information content (AvgIpc) is 1.68. The molecule has 0 aromatic carbocycles. The van der Waals surface area contributed by atoms with Crippen LogP contribution in [0.2, 0.25) is 0 Å². The van der Waals surface area contributed by atoms with Gasteiger partial charge in [0.15, 0.2) is 5.84 Å². The first-order valence-electron chi connectivity index (χ1n) is 1.85. The van der Waals surface area contributed by atoms with Crippen LogP contribution >= 0.6 is 0 Å². The van der Waals surface area contributed by atoms with E-state index in [0.717, 1.165) is 0 Å². The van der Waals surface area contributed by atoms with Gasteiger partial charge in [-0.15, -0.1) is 5.11 Å². The van der Waals surface area contributed by atoms with E-state index in [1.807, 2.05) is 0 Å². The summed E-state index contributed by atoms with van der Waals surface area (Å²) in [5.74, 6) is 5.28. The Morgan fingerprint density at radius 2 is 2.14 bits per heavy atom. The van der Waals surface area contributed by atoms with E-state index >= 15 is 0 Å². The maximum Gasteiger partial charge on any atom is 0.166 e. The zero-order chi connectivity index (χ0) is 5.70. The molecule has 0 fully saturated rings. The van der Waals surface area contributed by atoms with Crippen molar-refractivity contribution in [2.45, 2.75) is 6.92 Å². The molecular weight excluding hydrogens is 92.1 g/mol. The van der Waals surface area contributed by atoms with Gasteiger partial charge >= 0.3 is 0 Å². The van der Waals surface area contributed by atoms with Crippen molar-refractivity contribution < 1.29 is 0 Å². The summed E-state index contributed by atoms with van der Waals surface area (Å²) in [6, 6.07) is 0. The number of azo groups is 1. The fourth-order valence-corrected chi connectivity index (χ4v) is 0.171. The lowest BCUT2D eigenvalue weighted by Gasteiger charge is -1.78. The Morgan fingerprint density at radius 3 is 2.29 bits per heavy atom. The first kappa shape index (κ1) is 6.07. The second-order valence-corrected chi connectivity index (χ2v) is 0.976. The van der Waals surface area contributed by atoms with Crippen molar-refractivity contribution in [2.75, 3.05) is 7.05 Å². The summed E-state index contributed by atoms with van der Waals surface area (Å²) in [6.07, 6.45) is 0. The Hall–Kier alpha value is -0.930. The smallest absolute Gasteiger partial charge is 0.166 e. The molecule has 4 nitrogen and oxygen atoms in total. The Kier molecular flexibility index (Phi) is 2.83. The van der Waals surface area contributed by atoms with Gasteiger partial charge in [-0.3, -0.25) is 0 Å². The minimum absolute atomic E-state index is 0.488. The standard InChI is InChI=1S/C3H8N4/c1-3(6-4)7-5-2/h4H2,1-2H3/b6-3-,7-5-. The normalized spacial score (nSPS) is 13.1. The third-order valence-electron chi connectivity index (χ3n) is 0.432. The highest BCUT2D eigenvalue weighted by Gasteiger charge is 1.75. The monoisotopic (exact) mass is 100 g/mol. The van der Waals surface area contributed by atoms with Crippen LogP contribution in [-0.2, 0) is 0 Å². The van der Waals surface area contributed by atoms with E-state index in [9.17, 15) is 0 Å². The summed E-state index contributed by atoms with van der Waals surface area (Å²) in [6.45, 7) is 1.67. The maximum absolute atomic E-state index is 4.79. The molecule has 0 aromatic heterocycles. The van der Waals surface area contributed by atoms with Crippen molar-refractivity contribution >= 4 is 5.84 Å². The summed E-state index contributed by atoms with van der Waals surface area (Å²) in [7, 11) is 1.56. The van der Waals surface area contributed by atoms with Gasteiger partial charge in [-0.2, -0.15) is 10.2 Å². The number of rotatable bonds is 0. The Labute approximate surface area is 42.1 Å². The van der Waals surface area contributed by atoms with Gasteiger partial charge in [0.05, 0.1) is 0 Å². The largest absolute Gasteiger partial charge is 0.321 e. The van der Waals surface area contributed by atoms with E-state index in [1.54, 1.807) is 14.0 Å². The number of amidine groups is 1. The SMILES string of the molecule is C/N=N\C(C)=N/N. The zero-order valence-electron chi connectivity index (χ0n) is 4.42. The van der Waals surface area contributed by atoms with Gasteiger partial charge in [-0.25, -0.2) is 0 Å². The van der Waals surface area contributed by atoms with Crippen LogP contribution in [0.15, 0.2) is 15.3 Å². The second kappa shape index (κ2) is 3.27. The fourth-order valence-electron chi connectivity index (χ4n) is 0.171. The molecule has 0 atom stereocenters. The summed E-state index contributed by atoms with van der Waals surface area (Å²) in [5, 5.41) is 10.1. The lowest BCUT2D eigenvalue weighted by molar-refractivity contribution is 1.14. The minimum Gasteiger partial charge on any atom is -0.321 e. The van der Waals surface area contributed by atoms with Gasteiger partial charge in [-0.05, 0) is 6.92 Å². The number of nitrogens with zero attached hydrogens (tertiary/aromatic N) is 3. The highest BCUT2D eigenvalue weighted by Crippen LogP contribution is 1.73. The van der Waals surface area contributed by atoms with E-state index in [2.05, 4.69) is 15.3 Å². The summed E-state index contributed by atoms with van der Waals surface area (Å²) < 4.78 is 0. The van der Waals surface area contributed by atoms with E-state index in [0.29, 0.717) is 5.84 Å². The lowest BCUT2D eigenvalue weighted by atomic mass is 10.7. The molecule has 0 heterocycles. The molecule has 0 aliphatic heterocycles. The van der Waals surface area contributed by atoms with Crippen LogP contribution < -0.4 is 5.84 Å². The van der Waals surface area contributed by atoms with Crippen LogP contribution in [0.5, 0.6) is 0 Å². The van der Waals surface area contributed by atoms with Crippen molar-refractivity contribution in [3.8, 4) is 0 Å². The van der Waals surface area contributed by atoms with E-state index in [-0.39, 0.29) is 0 Å². The third-order valence-corrected chi connectivity index (χ3v) is 0.432. The number of nitrogens with two attached hydrogens (primary N) is 1. The topological polar surface area (TPSA) is 63.1 Å². The van der Waals surface area contributed by atoms with Gasteiger partial charge in [0.25, 0.3) is 0 Å². The molecule has 2 N–H and O–H groups in total. The van der Waals surface area contributed by atoms with Gasteiger partial charge in [0.1, 0.15) is 0 Å². The predicted molar refractivity (Wildman–Crippen MR) is 28.1 cm³/mol. The lowest BCUT2D eigenvalue weighted by Crippen LogP contribution is -1.89. The molecule has 0 aliphatic carbocycles. The summed E-state index contributed by atoms with van der Waals surface area (Å²) in [5.41, 5.74) is 0. The number of hydrogen-bond donors (Lipinski definition) is 1. The van der Waals surface area contributed by atoms with Crippen molar-refractivity contribution in [3.63, 3.8) is 0 Å². The number of hydrazone groups is 1. The maximum atomic E-state index is 4.79. The van der Waals surface area contributed by atoms with Gasteiger partial charge in [-0.1, -0.05) is 0 Å². The quantitative estimate of drug-likeness (QED) is 0.154. The van der Waals surface area contributed by atoms with Crippen molar-refractivity contribution in [3.05, 3.63) is 0 Å². The zero-order valence-corrected chi connectivity index (χ0v) is 4.42. The highest BCUT2D eigenvalue weighted by atomic mass is 15.2. The Balaban J connectivity index is 3.58. The van der Waals surface area contributed by atoms with E-state index in [4.69, 9.17) is 5.84 Å². The molecule has 0 rings (SSSR count). The van der Waals surface area contributed by atoms with Crippen molar-refractivity contribution in [1.29, 1.82) is 0 Å². The average molecular weight is 100 g/mol. The molecule has 0 radical (unpaired) electrons. The summed E-state index contributed by atoms with van der Waals surface area (Å²) in [4.78, 5) is 0. The van der Waals surface area contributed by atoms with E-state index in [1.165, 1.54) is 0 Å². The first-order chi connectivity index (χ1) is 3.31. The van der Waals surface area contributed by atoms with Crippen LogP contribution in [0.25, 0.3) is 0 Å². The van der Waals surface area contributed by atoms with E-state index < -0.39 is 0 Å². The highest BCUT2D eigenvalue weighted by molar-refractivity contribution is 5.79. The van der Waals surface area contributed by atoms with Gasteiger partial charge < -0.3 is 5.84 Å². The molecule has 7 heavy (non-hydrogen) atoms. The molecule has 0 saturated carbocycles. The van der Waals surface area contributed by atoms with Gasteiger partial charge in [0.2, 0.25) is 0 Å². The molecular formula is C3H8N4. The van der Waals surface area contributed by atoms with Crippen LogP contribution in [0.3, 0.4) is 0 Å². The second-order valence-electron chi connectivity index (χ2n) is 0.976. The molecule has 4 heteroatoms. The van der Waals surface area contributed by atoms with Crippen LogP contribution in [0.4, 0.5) is 0 Å². The third kappa shape index (κ3) is 2.88. The molecule has 0 amide bonds. The summed E-state index contributed by atoms with van der Waals surface area (Å²) >= 11 is 0.